The van der Waals surface area contributed by atoms with Crippen molar-refractivity contribution >= 4 is 11.3 Å². The molecule has 0 atom stereocenters. The van der Waals surface area contributed by atoms with Crippen LogP contribution in [0.4, 0.5) is 0 Å². The Kier molecular flexibility index (Phi) is 5.27. The maximum absolute atomic E-state index is 3.59. The molecule has 0 aliphatic heterocycles. The molecule has 0 radical (unpaired) electrons. The van der Waals surface area contributed by atoms with E-state index in [1.54, 1.807) is 5.56 Å². The maximum atomic E-state index is 3.59. The molecule has 1 heterocycles. The lowest BCUT2D eigenvalue weighted by Crippen LogP contribution is -2.34. The van der Waals surface area contributed by atoms with Crippen LogP contribution >= 0.6 is 11.3 Å². The molecule has 1 aromatic heterocycles. The third-order valence-electron chi connectivity index (χ3n) is 3.81. The van der Waals surface area contributed by atoms with Crippen LogP contribution in [0.15, 0.2) is 6.07 Å². The summed E-state index contributed by atoms with van der Waals surface area (Å²) < 4.78 is 0. The first-order valence-electron chi connectivity index (χ1n) is 7.96. The largest absolute Gasteiger partial charge is 0.307 e. The van der Waals surface area contributed by atoms with Crippen LogP contribution < -0.4 is 5.32 Å². The zero-order valence-electron chi connectivity index (χ0n) is 13.8. The van der Waals surface area contributed by atoms with Gasteiger partial charge in [0.25, 0.3) is 0 Å². The molecular formula is C17H30N2S. The molecule has 0 unspecified atom stereocenters. The summed E-state index contributed by atoms with van der Waals surface area (Å²) in [7, 11) is 0. The van der Waals surface area contributed by atoms with Gasteiger partial charge < -0.3 is 5.32 Å². The third kappa shape index (κ3) is 4.87. The van der Waals surface area contributed by atoms with Gasteiger partial charge in [0.15, 0.2) is 0 Å². The highest BCUT2D eigenvalue weighted by molar-refractivity contribution is 7.12. The molecule has 1 saturated carbocycles. The Bertz CT molecular complexity index is 427. The van der Waals surface area contributed by atoms with E-state index in [-0.39, 0.29) is 5.54 Å². The molecule has 2 nitrogen and oxygen atoms in total. The molecular weight excluding hydrogens is 264 g/mol. The van der Waals surface area contributed by atoms with Crippen LogP contribution in [-0.2, 0) is 13.1 Å². The fourth-order valence-corrected chi connectivity index (χ4v) is 3.51. The van der Waals surface area contributed by atoms with Gasteiger partial charge in [-0.25, -0.2) is 0 Å². The van der Waals surface area contributed by atoms with E-state index in [0.29, 0.717) is 0 Å². The molecule has 3 heteroatoms. The molecule has 0 aromatic carbocycles. The number of aryl methyl sites for hydroxylation is 1. The normalized spacial score (nSPS) is 16.1. The second kappa shape index (κ2) is 6.59. The lowest BCUT2D eigenvalue weighted by atomic mass is 10.1. The average Bonchev–Trinajstić information content (AvgIpc) is 3.12. The van der Waals surface area contributed by atoms with Crippen molar-refractivity contribution in [3.05, 3.63) is 21.4 Å². The fourth-order valence-electron chi connectivity index (χ4n) is 2.52. The van der Waals surface area contributed by atoms with Gasteiger partial charge in [0.1, 0.15) is 0 Å². The van der Waals surface area contributed by atoms with E-state index >= 15 is 0 Å². The number of thiophene rings is 1. The van der Waals surface area contributed by atoms with Crippen LogP contribution in [0.2, 0.25) is 0 Å². The standard InChI is InChI=1S/C17H30N2S/c1-6-9-19(15-7-8-15)12-14-10-16(20-13(14)2)11-18-17(3,4)5/h10,15,18H,6-9,11-12H2,1-5H3. The summed E-state index contributed by atoms with van der Waals surface area (Å²) in [5.41, 5.74) is 1.74. The van der Waals surface area contributed by atoms with E-state index in [1.165, 1.54) is 35.6 Å². The van der Waals surface area contributed by atoms with Crippen molar-refractivity contribution in [2.45, 2.75) is 78.6 Å². The van der Waals surface area contributed by atoms with Crippen LogP contribution in [-0.4, -0.2) is 23.0 Å². The smallest absolute Gasteiger partial charge is 0.0304 e. The molecule has 0 bridgehead atoms. The van der Waals surface area contributed by atoms with Gasteiger partial charge in [0.05, 0.1) is 0 Å². The first-order chi connectivity index (χ1) is 9.39. The van der Waals surface area contributed by atoms with E-state index in [4.69, 9.17) is 0 Å². The van der Waals surface area contributed by atoms with Crippen molar-refractivity contribution in [3.63, 3.8) is 0 Å². The lowest BCUT2D eigenvalue weighted by Gasteiger charge is -2.21. The predicted molar refractivity (Wildman–Crippen MR) is 89.4 cm³/mol. The highest BCUT2D eigenvalue weighted by Crippen LogP contribution is 2.31. The SMILES string of the molecule is CCCN(Cc1cc(CNC(C)(C)C)sc1C)C1CC1. The summed E-state index contributed by atoms with van der Waals surface area (Å²) in [5, 5.41) is 3.59. The second-order valence-electron chi connectivity index (χ2n) is 7.10. The van der Waals surface area contributed by atoms with E-state index in [0.717, 1.165) is 19.1 Å². The topological polar surface area (TPSA) is 15.3 Å². The lowest BCUT2D eigenvalue weighted by molar-refractivity contribution is 0.255. The van der Waals surface area contributed by atoms with Gasteiger partial charge in [-0.05, 0) is 65.1 Å². The minimum Gasteiger partial charge on any atom is -0.307 e. The van der Waals surface area contributed by atoms with Crippen molar-refractivity contribution in [3.8, 4) is 0 Å². The number of nitrogens with one attached hydrogen (secondary N) is 1. The van der Waals surface area contributed by atoms with Gasteiger partial charge in [-0.1, -0.05) is 6.92 Å². The van der Waals surface area contributed by atoms with Crippen LogP contribution in [0, 0.1) is 6.92 Å². The minimum absolute atomic E-state index is 0.195. The van der Waals surface area contributed by atoms with Crippen LogP contribution in [0.3, 0.4) is 0 Å². The predicted octanol–water partition coefficient (Wildman–Crippen LogP) is 4.32. The van der Waals surface area contributed by atoms with Gasteiger partial charge in [0.2, 0.25) is 0 Å². The van der Waals surface area contributed by atoms with Crippen molar-refractivity contribution in [2.75, 3.05) is 6.54 Å². The zero-order chi connectivity index (χ0) is 14.8. The van der Waals surface area contributed by atoms with Crippen LogP contribution in [0.5, 0.6) is 0 Å². The van der Waals surface area contributed by atoms with E-state index in [9.17, 15) is 0 Å². The highest BCUT2D eigenvalue weighted by atomic mass is 32.1. The molecule has 114 valence electrons. The quantitative estimate of drug-likeness (QED) is 0.805. The van der Waals surface area contributed by atoms with Gasteiger partial charge in [0, 0.05) is 34.4 Å². The first-order valence-corrected chi connectivity index (χ1v) is 8.78. The summed E-state index contributed by atoms with van der Waals surface area (Å²) in [4.78, 5) is 5.65. The number of rotatable bonds is 7. The Morgan fingerprint density at radius 1 is 1.35 bits per heavy atom. The fraction of sp³-hybridized carbons (Fsp3) is 0.765. The molecule has 1 aliphatic carbocycles. The van der Waals surface area contributed by atoms with E-state index in [2.05, 4.69) is 50.9 Å². The molecule has 0 amide bonds. The van der Waals surface area contributed by atoms with Gasteiger partial charge in [-0.2, -0.15) is 0 Å². The minimum atomic E-state index is 0.195. The maximum Gasteiger partial charge on any atom is 0.0304 e. The Morgan fingerprint density at radius 2 is 2.05 bits per heavy atom. The third-order valence-corrected chi connectivity index (χ3v) is 4.90. The van der Waals surface area contributed by atoms with Gasteiger partial charge in [-0.3, -0.25) is 4.90 Å². The number of hydrogen-bond donors (Lipinski definition) is 1. The summed E-state index contributed by atoms with van der Waals surface area (Å²) >= 11 is 1.96. The zero-order valence-corrected chi connectivity index (χ0v) is 14.6. The van der Waals surface area contributed by atoms with Crippen molar-refractivity contribution in [2.24, 2.45) is 0 Å². The molecule has 1 N–H and O–H groups in total. The summed E-state index contributed by atoms with van der Waals surface area (Å²) in [6, 6.07) is 3.29. The second-order valence-corrected chi connectivity index (χ2v) is 8.44. The van der Waals surface area contributed by atoms with Crippen molar-refractivity contribution < 1.29 is 0 Å². The van der Waals surface area contributed by atoms with E-state index < -0.39 is 0 Å². The first kappa shape index (κ1) is 16.0. The van der Waals surface area contributed by atoms with Crippen LogP contribution in [0.25, 0.3) is 0 Å². The molecule has 1 fully saturated rings. The summed E-state index contributed by atoms with van der Waals surface area (Å²) in [6.07, 6.45) is 4.07. The summed E-state index contributed by atoms with van der Waals surface area (Å²) in [6.45, 7) is 14.6. The summed E-state index contributed by atoms with van der Waals surface area (Å²) in [5.74, 6) is 0. The molecule has 2 rings (SSSR count). The van der Waals surface area contributed by atoms with Crippen molar-refractivity contribution in [1.29, 1.82) is 0 Å². The van der Waals surface area contributed by atoms with Gasteiger partial charge >= 0.3 is 0 Å². The number of nitrogens with zero attached hydrogens (tertiary/aromatic N) is 1. The Balaban J connectivity index is 1.95. The Hall–Kier alpha value is -0.380. The van der Waals surface area contributed by atoms with E-state index in [1.807, 2.05) is 11.3 Å². The Labute approximate surface area is 128 Å². The molecule has 1 aromatic rings. The monoisotopic (exact) mass is 294 g/mol. The highest BCUT2D eigenvalue weighted by Gasteiger charge is 2.28. The number of hydrogen-bond acceptors (Lipinski definition) is 3. The molecule has 0 saturated heterocycles. The van der Waals surface area contributed by atoms with Gasteiger partial charge in [-0.15, -0.1) is 11.3 Å². The van der Waals surface area contributed by atoms with Crippen LogP contribution in [0.1, 0.15) is 62.3 Å². The molecule has 20 heavy (non-hydrogen) atoms. The molecule has 0 spiro atoms. The average molecular weight is 295 g/mol. The Morgan fingerprint density at radius 3 is 2.60 bits per heavy atom. The van der Waals surface area contributed by atoms with Crippen molar-refractivity contribution in [1.82, 2.24) is 10.2 Å². The molecule has 1 aliphatic rings.